The maximum absolute atomic E-state index is 13.1. The van der Waals surface area contributed by atoms with Gasteiger partial charge < -0.3 is 11.1 Å². The average molecular weight is 227 g/mol. The molecule has 0 amide bonds. The predicted octanol–water partition coefficient (Wildman–Crippen LogP) is 2.38. The number of hydrogen-bond acceptors (Lipinski definition) is 3. The number of benzene rings is 1. The second-order valence-electron chi connectivity index (χ2n) is 2.90. The minimum Gasteiger partial charge on any atom is -0.335 e. The van der Waals surface area contributed by atoms with E-state index in [1.165, 1.54) is 17.8 Å². The third-order valence-electron chi connectivity index (χ3n) is 1.81. The SMILES string of the molecule is CCSC(=N)Nc1ccc(F)c(CN)c1. The molecule has 1 rings (SSSR count). The van der Waals surface area contributed by atoms with Gasteiger partial charge in [-0.2, -0.15) is 0 Å². The molecule has 15 heavy (non-hydrogen) atoms. The zero-order valence-corrected chi connectivity index (χ0v) is 9.33. The minimum absolute atomic E-state index is 0.162. The summed E-state index contributed by atoms with van der Waals surface area (Å²) in [5.74, 6) is 0.522. The molecule has 0 bridgehead atoms. The zero-order chi connectivity index (χ0) is 11.3. The van der Waals surface area contributed by atoms with Gasteiger partial charge in [0, 0.05) is 17.8 Å². The first-order valence-corrected chi connectivity index (χ1v) is 5.62. The van der Waals surface area contributed by atoms with Gasteiger partial charge in [-0.3, -0.25) is 5.41 Å². The molecule has 0 aromatic heterocycles. The number of rotatable bonds is 3. The highest BCUT2D eigenvalue weighted by Crippen LogP contribution is 2.15. The molecule has 0 atom stereocenters. The number of anilines is 1. The van der Waals surface area contributed by atoms with Gasteiger partial charge in [-0.15, -0.1) is 0 Å². The number of amidine groups is 1. The summed E-state index contributed by atoms with van der Waals surface area (Å²) in [6.45, 7) is 2.13. The van der Waals surface area contributed by atoms with E-state index in [2.05, 4.69) is 5.32 Å². The Morgan fingerprint density at radius 1 is 1.60 bits per heavy atom. The van der Waals surface area contributed by atoms with Gasteiger partial charge in [0.05, 0.1) is 0 Å². The number of nitrogens with one attached hydrogen (secondary N) is 2. The molecule has 0 aliphatic rings. The molecular weight excluding hydrogens is 213 g/mol. The molecule has 0 saturated heterocycles. The van der Waals surface area contributed by atoms with Crippen LogP contribution >= 0.6 is 11.8 Å². The molecule has 0 aliphatic heterocycles. The summed E-state index contributed by atoms with van der Waals surface area (Å²) < 4.78 is 13.1. The largest absolute Gasteiger partial charge is 0.335 e. The van der Waals surface area contributed by atoms with Gasteiger partial charge in [0.2, 0.25) is 0 Å². The monoisotopic (exact) mass is 227 g/mol. The van der Waals surface area contributed by atoms with Crippen LogP contribution in [0.15, 0.2) is 18.2 Å². The summed E-state index contributed by atoms with van der Waals surface area (Å²) in [6, 6.07) is 4.58. The molecule has 82 valence electrons. The fourth-order valence-electron chi connectivity index (χ4n) is 1.12. The molecular formula is C10H14FN3S. The van der Waals surface area contributed by atoms with E-state index < -0.39 is 0 Å². The molecule has 0 heterocycles. The predicted molar refractivity (Wildman–Crippen MR) is 63.8 cm³/mol. The first-order chi connectivity index (χ1) is 7.17. The van der Waals surface area contributed by atoms with Crippen LogP contribution in [0.1, 0.15) is 12.5 Å². The van der Waals surface area contributed by atoms with E-state index in [-0.39, 0.29) is 12.4 Å². The normalized spacial score (nSPS) is 10.1. The van der Waals surface area contributed by atoms with Crippen LogP contribution < -0.4 is 11.1 Å². The zero-order valence-electron chi connectivity index (χ0n) is 8.51. The molecule has 3 nitrogen and oxygen atoms in total. The quantitative estimate of drug-likeness (QED) is 0.549. The van der Waals surface area contributed by atoms with E-state index in [4.69, 9.17) is 11.1 Å². The fourth-order valence-corrected chi connectivity index (χ4v) is 1.60. The van der Waals surface area contributed by atoms with Gasteiger partial charge in [0.25, 0.3) is 0 Å². The van der Waals surface area contributed by atoms with Crippen molar-refractivity contribution in [1.82, 2.24) is 0 Å². The molecule has 1 aromatic rings. The minimum atomic E-state index is -0.308. The van der Waals surface area contributed by atoms with Crippen molar-refractivity contribution in [3.63, 3.8) is 0 Å². The highest BCUT2D eigenvalue weighted by atomic mass is 32.2. The van der Waals surface area contributed by atoms with Crippen LogP contribution in [-0.2, 0) is 6.54 Å². The topological polar surface area (TPSA) is 61.9 Å². The lowest BCUT2D eigenvalue weighted by molar-refractivity contribution is 0.611. The number of nitrogens with two attached hydrogens (primary N) is 1. The van der Waals surface area contributed by atoms with E-state index in [0.717, 1.165) is 5.75 Å². The highest BCUT2D eigenvalue weighted by Gasteiger charge is 2.03. The van der Waals surface area contributed by atoms with Gasteiger partial charge >= 0.3 is 0 Å². The summed E-state index contributed by atoms with van der Waals surface area (Å²) in [5, 5.41) is 10.8. The first kappa shape index (κ1) is 12.0. The van der Waals surface area contributed by atoms with Crippen molar-refractivity contribution in [2.75, 3.05) is 11.1 Å². The molecule has 5 heteroatoms. The maximum Gasteiger partial charge on any atom is 0.158 e. The second kappa shape index (κ2) is 5.72. The average Bonchev–Trinajstić information content (AvgIpc) is 2.21. The molecule has 0 radical (unpaired) electrons. The Hall–Kier alpha value is -1.07. The van der Waals surface area contributed by atoms with Crippen molar-refractivity contribution in [1.29, 1.82) is 5.41 Å². The van der Waals surface area contributed by atoms with E-state index in [1.54, 1.807) is 12.1 Å². The van der Waals surface area contributed by atoms with Crippen molar-refractivity contribution in [2.24, 2.45) is 5.73 Å². The Morgan fingerprint density at radius 3 is 2.93 bits per heavy atom. The summed E-state index contributed by atoms with van der Waals surface area (Å²) >= 11 is 1.39. The van der Waals surface area contributed by atoms with E-state index >= 15 is 0 Å². The molecule has 4 N–H and O–H groups in total. The Morgan fingerprint density at radius 2 is 2.33 bits per heavy atom. The second-order valence-corrected chi connectivity index (χ2v) is 4.17. The summed E-state index contributed by atoms with van der Waals surface area (Å²) in [6.07, 6.45) is 0. The summed E-state index contributed by atoms with van der Waals surface area (Å²) in [7, 11) is 0. The Kier molecular flexibility index (Phi) is 4.58. The van der Waals surface area contributed by atoms with Gasteiger partial charge in [-0.1, -0.05) is 18.7 Å². The summed E-state index contributed by atoms with van der Waals surface area (Å²) in [4.78, 5) is 0. The third-order valence-corrected chi connectivity index (χ3v) is 2.49. The van der Waals surface area contributed by atoms with Crippen LogP contribution in [0, 0.1) is 11.2 Å². The molecule has 0 aliphatic carbocycles. The smallest absolute Gasteiger partial charge is 0.158 e. The number of hydrogen-bond donors (Lipinski definition) is 3. The van der Waals surface area contributed by atoms with Crippen LogP contribution in [0.3, 0.4) is 0 Å². The maximum atomic E-state index is 13.1. The van der Waals surface area contributed by atoms with Crippen molar-refractivity contribution >= 4 is 22.6 Å². The van der Waals surface area contributed by atoms with E-state index in [0.29, 0.717) is 16.4 Å². The molecule has 0 spiro atoms. The Labute approximate surface area is 92.8 Å². The first-order valence-electron chi connectivity index (χ1n) is 4.64. The van der Waals surface area contributed by atoms with Crippen LogP contribution in [0.25, 0.3) is 0 Å². The van der Waals surface area contributed by atoms with Crippen molar-refractivity contribution in [3.05, 3.63) is 29.6 Å². The Balaban J connectivity index is 2.74. The number of halogens is 1. The van der Waals surface area contributed by atoms with Crippen molar-refractivity contribution < 1.29 is 4.39 Å². The lowest BCUT2D eigenvalue weighted by Gasteiger charge is -2.08. The standard InChI is InChI=1S/C10H14FN3S/c1-2-15-10(13)14-8-3-4-9(11)7(5-8)6-12/h3-5H,2,6,12H2,1H3,(H2,13,14). The lowest BCUT2D eigenvalue weighted by atomic mass is 10.2. The third kappa shape index (κ3) is 3.53. The van der Waals surface area contributed by atoms with E-state index in [9.17, 15) is 4.39 Å². The molecule has 0 unspecified atom stereocenters. The molecule has 1 aromatic carbocycles. The van der Waals surface area contributed by atoms with Gasteiger partial charge in [-0.25, -0.2) is 4.39 Å². The van der Waals surface area contributed by atoms with Crippen LogP contribution in [0.4, 0.5) is 10.1 Å². The van der Waals surface area contributed by atoms with Gasteiger partial charge in [0.1, 0.15) is 5.82 Å². The Bertz CT molecular complexity index is 355. The highest BCUT2D eigenvalue weighted by molar-refractivity contribution is 8.14. The molecule has 0 fully saturated rings. The van der Waals surface area contributed by atoms with Crippen molar-refractivity contribution in [3.8, 4) is 0 Å². The van der Waals surface area contributed by atoms with E-state index in [1.807, 2.05) is 6.92 Å². The van der Waals surface area contributed by atoms with Crippen LogP contribution in [-0.4, -0.2) is 10.9 Å². The van der Waals surface area contributed by atoms with Crippen LogP contribution in [0.5, 0.6) is 0 Å². The lowest BCUT2D eigenvalue weighted by Crippen LogP contribution is -2.08. The van der Waals surface area contributed by atoms with Gasteiger partial charge in [-0.05, 0) is 24.0 Å². The fraction of sp³-hybridized carbons (Fsp3) is 0.300. The summed E-state index contributed by atoms with van der Waals surface area (Å²) in [5.41, 5.74) is 6.53. The number of thioether (sulfide) groups is 1. The van der Waals surface area contributed by atoms with Gasteiger partial charge in [0.15, 0.2) is 5.17 Å². The van der Waals surface area contributed by atoms with Crippen molar-refractivity contribution in [2.45, 2.75) is 13.5 Å². The van der Waals surface area contributed by atoms with Crippen LogP contribution in [0.2, 0.25) is 0 Å². The molecule has 0 saturated carbocycles.